The summed E-state index contributed by atoms with van der Waals surface area (Å²) in [5, 5.41) is 0. The molecular weight excluding hydrogens is 769 g/mol. The topological polar surface area (TPSA) is 142 Å². The maximum atomic E-state index is 11.9. The molecule has 0 spiro atoms. The van der Waals surface area contributed by atoms with Crippen molar-refractivity contribution in [3.8, 4) is 11.5 Å². The van der Waals surface area contributed by atoms with Gasteiger partial charge in [-0.1, -0.05) is 56.0 Å². The number of rotatable bonds is 26. The number of hydrogen-bond donors (Lipinski definition) is 0. The SMILES string of the molecule is C1CC2C3CCC(C3)C2C1.C=CC(=O)OCCCCC(=O)OC(COCC)COc1ccccc1.C=CC(=O)OCCCCC(=O)OC(COCC)COc1ccccc1. The van der Waals surface area contributed by atoms with Gasteiger partial charge in [-0.2, -0.15) is 0 Å². The number of unbranched alkanes of at least 4 members (excludes halogenated alkanes) is 2. The fourth-order valence-corrected chi connectivity index (χ4v) is 7.86. The van der Waals surface area contributed by atoms with Crippen molar-refractivity contribution in [3.05, 3.63) is 86.0 Å². The Kier molecular flexibility index (Phi) is 25.1. The van der Waals surface area contributed by atoms with E-state index in [1.807, 2.05) is 74.5 Å². The van der Waals surface area contributed by atoms with Crippen molar-refractivity contribution in [1.29, 1.82) is 0 Å². The van der Waals surface area contributed by atoms with Crippen molar-refractivity contribution < 1.29 is 57.1 Å². The van der Waals surface area contributed by atoms with Crippen LogP contribution in [0, 0.1) is 23.7 Å². The predicted molar refractivity (Wildman–Crippen MR) is 228 cm³/mol. The molecule has 0 amide bonds. The molecule has 2 aromatic rings. The van der Waals surface area contributed by atoms with E-state index in [4.69, 9.17) is 37.9 Å². The van der Waals surface area contributed by atoms with Gasteiger partial charge in [0.05, 0.1) is 26.4 Å². The fourth-order valence-electron chi connectivity index (χ4n) is 7.86. The van der Waals surface area contributed by atoms with Gasteiger partial charge in [-0.05, 0) is 120 Å². The summed E-state index contributed by atoms with van der Waals surface area (Å²) in [6, 6.07) is 18.6. The molecule has 332 valence electrons. The van der Waals surface area contributed by atoms with Crippen molar-refractivity contribution in [1.82, 2.24) is 0 Å². The molecule has 3 saturated carbocycles. The molecule has 6 atom stereocenters. The van der Waals surface area contributed by atoms with Crippen molar-refractivity contribution in [2.75, 3.05) is 52.9 Å². The van der Waals surface area contributed by atoms with Gasteiger partial charge in [0.1, 0.15) is 24.7 Å². The van der Waals surface area contributed by atoms with Crippen LogP contribution in [-0.2, 0) is 47.6 Å². The molecule has 60 heavy (non-hydrogen) atoms. The van der Waals surface area contributed by atoms with Crippen LogP contribution in [0.1, 0.15) is 90.9 Å². The second-order valence-corrected chi connectivity index (χ2v) is 15.0. The van der Waals surface area contributed by atoms with E-state index >= 15 is 0 Å². The summed E-state index contributed by atoms with van der Waals surface area (Å²) in [4.78, 5) is 45.6. The van der Waals surface area contributed by atoms with Crippen LogP contribution in [0.2, 0.25) is 0 Å². The Morgan fingerprint density at radius 1 is 0.600 bits per heavy atom. The molecule has 3 aliphatic carbocycles. The lowest BCUT2D eigenvalue weighted by Crippen LogP contribution is -2.30. The number of carbonyl (C=O) groups excluding carboxylic acids is 4. The first kappa shape index (κ1) is 49.7. The first-order valence-corrected chi connectivity index (χ1v) is 21.7. The third kappa shape index (κ3) is 20.5. The number of carbonyl (C=O) groups is 4. The number of ether oxygens (including phenoxy) is 8. The van der Waals surface area contributed by atoms with Gasteiger partial charge in [0.15, 0.2) is 12.2 Å². The van der Waals surface area contributed by atoms with Gasteiger partial charge in [-0.25, -0.2) is 9.59 Å². The van der Waals surface area contributed by atoms with Gasteiger partial charge in [0.25, 0.3) is 0 Å². The lowest BCUT2D eigenvalue weighted by atomic mass is 9.82. The Labute approximate surface area is 357 Å². The number of fused-ring (bicyclic) bond motifs is 5. The highest BCUT2D eigenvalue weighted by Crippen LogP contribution is 2.58. The Morgan fingerprint density at radius 3 is 1.40 bits per heavy atom. The smallest absolute Gasteiger partial charge is 0.330 e. The molecule has 0 aliphatic heterocycles. The van der Waals surface area contributed by atoms with Gasteiger partial charge >= 0.3 is 23.9 Å². The van der Waals surface area contributed by atoms with Gasteiger partial charge in [0, 0.05) is 38.2 Å². The molecule has 0 heterocycles. The van der Waals surface area contributed by atoms with E-state index in [0.717, 1.165) is 12.2 Å². The van der Waals surface area contributed by atoms with Crippen molar-refractivity contribution in [2.45, 2.75) is 103 Å². The number of para-hydroxylation sites is 2. The maximum Gasteiger partial charge on any atom is 0.330 e. The van der Waals surface area contributed by atoms with Crippen LogP contribution in [0.5, 0.6) is 11.5 Å². The largest absolute Gasteiger partial charge is 0.490 e. The van der Waals surface area contributed by atoms with E-state index in [9.17, 15) is 19.2 Å². The number of esters is 4. The molecule has 2 bridgehead atoms. The molecule has 0 radical (unpaired) electrons. The lowest BCUT2D eigenvalue weighted by Gasteiger charge is -2.23. The molecule has 12 heteroatoms. The van der Waals surface area contributed by atoms with Crippen LogP contribution in [-0.4, -0.2) is 88.9 Å². The Morgan fingerprint density at radius 2 is 1.02 bits per heavy atom. The van der Waals surface area contributed by atoms with Gasteiger partial charge < -0.3 is 37.9 Å². The minimum Gasteiger partial charge on any atom is -0.490 e. The van der Waals surface area contributed by atoms with Crippen molar-refractivity contribution in [2.24, 2.45) is 23.7 Å². The summed E-state index contributed by atoms with van der Waals surface area (Å²) in [5.74, 6) is 4.66. The number of benzene rings is 2. The molecule has 2 aromatic carbocycles. The van der Waals surface area contributed by atoms with Crippen LogP contribution in [0.15, 0.2) is 86.0 Å². The highest BCUT2D eigenvalue weighted by atomic mass is 16.6. The molecule has 3 aliphatic rings. The van der Waals surface area contributed by atoms with E-state index in [-0.39, 0.29) is 64.4 Å². The first-order valence-electron chi connectivity index (χ1n) is 21.7. The van der Waals surface area contributed by atoms with Gasteiger partial charge in [-0.3, -0.25) is 9.59 Å². The molecule has 0 aromatic heterocycles. The minimum atomic E-state index is -0.466. The standard InChI is InChI=1S/2C19H26O6.C10H16/c2*1-3-18(20)23-13-9-8-12-19(21)25-17(14-22-4-2)15-24-16-10-6-5-7-11-16;1-2-9-7-4-5-8(6-7)10(9)3-1/h2*3,5-7,10-11,17H,1,4,8-9,12-15H2,2H3;7-10H,1-6H2. The molecule has 6 unspecified atom stereocenters. The average molecular weight is 837 g/mol. The summed E-state index contributed by atoms with van der Waals surface area (Å²) < 4.78 is 42.4. The van der Waals surface area contributed by atoms with Crippen molar-refractivity contribution in [3.63, 3.8) is 0 Å². The van der Waals surface area contributed by atoms with E-state index in [0.29, 0.717) is 50.4 Å². The normalized spacial score (nSPS) is 19.1. The van der Waals surface area contributed by atoms with Gasteiger partial charge in [-0.15, -0.1) is 0 Å². The summed E-state index contributed by atoms with van der Waals surface area (Å²) in [6.45, 7) is 13.0. The average Bonchev–Trinajstić information content (AvgIpc) is 4.04. The predicted octanol–water partition coefficient (Wildman–Crippen LogP) is 8.66. The molecular formula is C48H68O12. The minimum absolute atomic E-state index is 0.229. The lowest BCUT2D eigenvalue weighted by molar-refractivity contribution is -0.155. The van der Waals surface area contributed by atoms with E-state index in [2.05, 4.69) is 13.2 Å². The van der Waals surface area contributed by atoms with E-state index in [1.165, 1.54) is 23.7 Å². The monoisotopic (exact) mass is 836 g/mol. The second-order valence-electron chi connectivity index (χ2n) is 15.0. The summed E-state index contributed by atoms with van der Waals surface area (Å²) in [5.41, 5.74) is 0. The fraction of sp³-hybridized carbons (Fsp3) is 0.583. The zero-order chi connectivity index (χ0) is 43.2. The summed E-state index contributed by atoms with van der Waals surface area (Å²) in [6.07, 6.45) is 13.6. The van der Waals surface area contributed by atoms with Crippen LogP contribution in [0.3, 0.4) is 0 Å². The van der Waals surface area contributed by atoms with Crippen LogP contribution >= 0.6 is 0 Å². The summed E-state index contributed by atoms with van der Waals surface area (Å²) >= 11 is 0. The highest BCUT2D eigenvalue weighted by molar-refractivity contribution is 5.81. The highest BCUT2D eigenvalue weighted by Gasteiger charge is 2.48. The number of hydrogen-bond acceptors (Lipinski definition) is 12. The Hall–Kier alpha value is -4.68. The zero-order valence-electron chi connectivity index (χ0n) is 35.8. The van der Waals surface area contributed by atoms with Crippen LogP contribution in [0.25, 0.3) is 0 Å². The molecule has 5 rings (SSSR count). The van der Waals surface area contributed by atoms with Crippen LogP contribution in [0.4, 0.5) is 0 Å². The Bertz CT molecular complexity index is 1400. The first-order chi connectivity index (χ1) is 29.3. The Balaban J connectivity index is 0.000000259. The maximum absolute atomic E-state index is 11.9. The van der Waals surface area contributed by atoms with Crippen molar-refractivity contribution >= 4 is 23.9 Å². The van der Waals surface area contributed by atoms with E-state index in [1.54, 1.807) is 38.5 Å². The molecule has 12 nitrogen and oxygen atoms in total. The third-order valence-electron chi connectivity index (χ3n) is 10.7. The zero-order valence-corrected chi connectivity index (χ0v) is 35.8. The molecule has 0 saturated heterocycles. The van der Waals surface area contributed by atoms with E-state index < -0.39 is 24.1 Å². The molecule has 3 fully saturated rings. The third-order valence-corrected chi connectivity index (χ3v) is 10.7. The molecule has 0 N–H and O–H groups in total. The van der Waals surface area contributed by atoms with Crippen LogP contribution < -0.4 is 9.47 Å². The van der Waals surface area contributed by atoms with Gasteiger partial charge in [0.2, 0.25) is 0 Å². The quantitative estimate of drug-likeness (QED) is 0.0387. The second kappa shape index (κ2) is 30.4. The summed E-state index contributed by atoms with van der Waals surface area (Å²) in [7, 11) is 0.